The molecule has 0 unspecified atom stereocenters. The maximum Gasteiger partial charge on any atom is 0.573 e. The van der Waals surface area contributed by atoms with Gasteiger partial charge in [-0.15, -0.1) is 13.2 Å². The third kappa shape index (κ3) is 7.90. The fraction of sp³-hybridized carbons (Fsp3) is 0.212. The van der Waals surface area contributed by atoms with Crippen molar-refractivity contribution in [3.63, 3.8) is 0 Å². The molecular formula is C33H30F3NO5. The molecule has 9 heteroatoms. The lowest BCUT2D eigenvalue weighted by atomic mass is 9.87. The number of hydrogen-bond donors (Lipinski definition) is 1. The molecule has 0 atom stereocenters. The second kappa shape index (κ2) is 12.4. The standard InChI is InChI=1S/C33H30F3NO5/c1-32(2,3)25-13-9-22(10-14-25)20-37(30(38)31(39)40)26-15-18-29(41-21-23-7-5-4-6-8-23)28(19-26)24-11-16-27(17-12-24)42-33(34,35)36/h4-19H,20-21H2,1-3H3,(H,39,40). The van der Waals surface area contributed by atoms with E-state index in [0.29, 0.717) is 16.9 Å². The van der Waals surface area contributed by atoms with Crippen molar-refractivity contribution in [2.24, 2.45) is 0 Å². The highest BCUT2D eigenvalue weighted by atomic mass is 19.4. The molecule has 0 bridgehead atoms. The van der Waals surface area contributed by atoms with Crippen LogP contribution in [0.5, 0.6) is 11.5 Å². The number of nitrogens with zero attached hydrogens (tertiary/aromatic N) is 1. The predicted octanol–water partition coefficient (Wildman–Crippen LogP) is 7.75. The predicted molar refractivity (Wildman–Crippen MR) is 153 cm³/mol. The van der Waals surface area contributed by atoms with Crippen LogP contribution >= 0.6 is 0 Å². The molecule has 0 radical (unpaired) electrons. The summed E-state index contributed by atoms with van der Waals surface area (Å²) in [6.07, 6.45) is -4.84. The zero-order chi connectivity index (χ0) is 30.5. The van der Waals surface area contributed by atoms with Gasteiger partial charge in [0.2, 0.25) is 0 Å². The van der Waals surface area contributed by atoms with Crippen LogP contribution in [0.4, 0.5) is 18.9 Å². The molecule has 0 fully saturated rings. The Morgan fingerprint density at radius 3 is 2.02 bits per heavy atom. The van der Waals surface area contributed by atoms with Crippen molar-refractivity contribution in [2.75, 3.05) is 4.90 Å². The van der Waals surface area contributed by atoms with Crippen molar-refractivity contribution >= 4 is 17.6 Å². The Bertz CT molecular complexity index is 1530. The van der Waals surface area contributed by atoms with E-state index in [-0.39, 0.29) is 24.3 Å². The van der Waals surface area contributed by atoms with Crippen LogP contribution in [-0.4, -0.2) is 23.3 Å². The second-order valence-corrected chi connectivity index (χ2v) is 10.7. The van der Waals surface area contributed by atoms with Crippen LogP contribution in [-0.2, 0) is 28.2 Å². The van der Waals surface area contributed by atoms with Gasteiger partial charge in [0.05, 0.1) is 6.54 Å². The van der Waals surface area contributed by atoms with Crippen LogP contribution in [0.2, 0.25) is 0 Å². The van der Waals surface area contributed by atoms with Gasteiger partial charge in [0.15, 0.2) is 0 Å². The van der Waals surface area contributed by atoms with Crippen molar-refractivity contribution in [2.45, 2.75) is 45.7 Å². The quantitative estimate of drug-likeness (QED) is 0.217. The first-order valence-electron chi connectivity index (χ1n) is 13.1. The average molecular weight is 578 g/mol. The monoisotopic (exact) mass is 577 g/mol. The van der Waals surface area contributed by atoms with Crippen molar-refractivity contribution in [1.29, 1.82) is 0 Å². The fourth-order valence-corrected chi connectivity index (χ4v) is 4.30. The normalized spacial score (nSPS) is 11.6. The summed E-state index contributed by atoms with van der Waals surface area (Å²) in [6, 6.07) is 26.9. The molecule has 1 amide bonds. The third-order valence-electron chi connectivity index (χ3n) is 6.50. The summed E-state index contributed by atoms with van der Waals surface area (Å²) < 4.78 is 48.2. The summed E-state index contributed by atoms with van der Waals surface area (Å²) in [4.78, 5) is 25.8. The Morgan fingerprint density at radius 2 is 1.45 bits per heavy atom. The molecule has 0 saturated carbocycles. The van der Waals surface area contributed by atoms with Crippen LogP contribution in [0.1, 0.15) is 37.5 Å². The molecule has 4 rings (SSSR count). The Morgan fingerprint density at radius 1 is 0.810 bits per heavy atom. The fourth-order valence-electron chi connectivity index (χ4n) is 4.30. The largest absolute Gasteiger partial charge is 0.573 e. The second-order valence-electron chi connectivity index (χ2n) is 10.7. The van der Waals surface area contributed by atoms with Gasteiger partial charge in [0.25, 0.3) is 0 Å². The molecule has 218 valence electrons. The Labute approximate surface area is 241 Å². The number of hydrogen-bond acceptors (Lipinski definition) is 4. The molecule has 0 aliphatic rings. The lowest BCUT2D eigenvalue weighted by Crippen LogP contribution is -2.36. The van der Waals surface area contributed by atoms with Gasteiger partial charge >= 0.3 is 18.2 Å². The number of alkyl halides is 3. The van der Waals surface area contributed by atoms with Gasteiger partial charge in [-0.05, 0) is 58.0 Å². The van der Waals surface area contributed by atoms with Crippen molar-refractivity contribution in [1.82, 2.24) is 0 Å². The van der Waals surface area contributed by atoms with E-state index < -0.39 is 24.0 Å². The SMILES string of the molecule is CC(C)(C)c1ccc(CN(C(=O)C(=O)O)c2ccc(OCc3ccccc3)c(-c3ccc(OC(F)(F)F)cc3)c2)cc1. The number of carboxylic acid groups (broad SMARTS) is 1. The Hall–Kier alpha value is -4.79. The van der Waals surface area contributed by atoms with E-state index in [1.807, 2.05) is 54.6 Å². The minimum Gasteiger partial charge on any atom is -0.488 e. The van der Waals surface area contributed by atoms with Gasteiger partial charge < -0.3 is 14.6 Å². The van der Waals surface area contributed by atoms with Gasteiger partial charge in [-0.1, -0.05) is 87.5 Å². The van der Waals surface area contributed by atoms with Gasteiger partial charge in [-0.25, -0.2) is 4.79 Å². The maximum atomic E-state index is 12.9. The first kappa shape index (κ1) is 30.2. The highest BCUT2D eigenvalue weighted by molar-refractivity contribution is 6.37. The van der Waals surface area contributed by atoms with E-state index >= 15 is 0 Å². The van der Waals surface area contributed by atoms with Gasteiger partial charge in [-0.3, -0.25) is 9.69 Å². The molecule has 0 saturated heterocycles. The number of amides is 1. The van der Waals surface area contributed by atoms with E-state index in [9.17, 15) is 27.9 Å². The van der Waals surface area contributed by atoms with E-state index in [1.54, 1.807) is 18.2 Å². The van der Waals surface area contributed by atoms with Crippen molar-refractivity contribution in [3.8, 4) is 22.6 Å². The lowest BCUT2D eigenvalue weighted by Gasteiger charge is -2.24. The molecule has 0 aromatic heterocycles. The molecule has 4 aromatic rings. The number of benzene rings is 4. The summed E-state index contributed by atoms with van der Waals surface area (Å²) in [5, 5.41) is 9.60. The summed E-state index contributed by atoms with van der Waals surface area (Å²) in [5.74, 6) is -2.76. The van der Waals surface area contributed by atoms with Crippen LogP contribution in [0.25, 0.3) is 11.1 Å². The molecule has 42 heavy (non-hydrogen) atoms. The van der Waals surface area contributed by atoms with Gasteiger partial charge in [-0.2, -0.15) is 0 Å². The van der Waals surface area contributed by atoms with E-state index in [2.05, 4.69) is 25.5 Å². The molecule has 0 spiro atoms. The number of anilines is 1. The topological polar surface area (TPSA) is 76.1 Å². The molecule has 6 nitrogen and oxygen atoms in total. The summed E-state index contributed by atoms with van der Waals surface area (Å²) in [7, 11) is 0. The number of rotatable bonds is 8. The molecule has 4 aromatic carbocycles. The number of carbonyl (C=O) groups is 2. The highest BCUT2D eigenvalue weighted by Crippen LogP contribution is 2.36. The Balaban J connectivity index is 1.73. The zero-order valence-corrected chi connectivity index (χ0v) is 23.3. The van der Waals surface area contributed by atoms with E-state index in [4.69, 9.17) is 4.74 Å². The summed E-state index contributed by atoms with van der Waals surface area (Å²) >= 11 is 0. The summed E-state index contributed by atoms with van der Waals surface area (Å²) in [6.45, 7) is 6.42. The maximum absolute atomic E-state index is 12.9. The molecule has 0 heterocycles. The van der Waals surface area contributed by atoms with Crippen LogP contribution in [0.15, 0.2) is 97.1 Å². The van der Waals surface area contributed by atoms with Gasteiger partial charge in [0, 0.05) is 11.3 Å². The summed E-state index contributed by atoms with van der Waals surface area (Å²) in [5.41, 5.74) is 3.82. The highest BCUT2D eigenvalue weighted by Gasteiger charge is 2.31. The third-order valence-corrected chi connectivity index (χ3v) is 6.50. The number of halogens is 3. The first-order chi connectivity index (χ1) is 19.8. The molecular weight excluding hydrogens is 547 g/mol. The minimum atomic E-state index is -4.84. The van der Waals surface area contributed by atoms with Crippen LogP contribution in [0.3, 0.4) is 0 Å². The van der Waals surface area contributed by atoms with Gasteiger partial charge in [0.1, 0.15) is 18.1 Å². The zero-order valence-electron chi connectivity index (χ0n) is 23.3. The smallest absolute Gasteiger partial charge is 0.488 e. The van der Waals surface area contributed by atoms with Crippen LogP contribution in [0, 0.1) is 0 Å². The Kier molecular flexibility index (Phi) is 8.90. The lowest BCUT2D eigenvalue weighted by molar-refractivity contribution is -0.274. The number of carbonyl (C=O) groups excluding carboxylic acids is 1. The number of ether oxygens (including phenoxy) is 2. The van der Waals surface area contributed by atoms with E-state index in [0.717, 1.165) is 21.6 Å². The number of aliphatic carboxylic acids is 1. The number of carboxylic acids is 1. The molecule has 1 N–H and O–H groups in total. The first-order valence-corrected chi connectivity index (χ1v) is 13.1. The molecule has 0 aliphatic carbocycles. The van der Waals surface area contributed by atoms with Crippen molar-refractivity contribution < 1.29 is 37.3 Å². The molecule has 0 aliphatic heterocycles. The van der Waals surface area contributed by atoms with Crippen molar-refractivity contribution in [3.05, 3.63) is 114 Å². The van der Waals surface area contributed by atoms with Crippen LogP contribution < -0.4 is 14.4 Å². The average Bonchev–Trinajstić information content (AvgIpc) is 2.94. The minimum absolute atomic E-state index is 0.0163. The van der Waals surface area contributed by atoms with E-state index in [1.165, 1.54) is 24.3 Å².